The zero-order chi connectivity index (χ0) is 18.1. The van der Waals surface area contributed by atoms with Crippen LogP contribution in [0.4, 0.5) is 0 Å². The van der Waals surface area contributed by atoms with Crippen molar-refractivity contribution in [2.75, 3.05) is 20.6 Å². The highest BCUT2D eigenvalue weighted by molar-refractivity contribution is 14.0. The number of nitrogens with one attached hydrogen (secondary N) is 3. The quantitative estimate of drug-likeness (QED) is 0.253. The summed E-state index contributed by atoms with van der Waals surface area (Å²) in [5, 5.41) is 9.58. The maximum Gasteiger partial charge on any atom is 0.251 e. The fourth-order valence-electron chi connectivity index (χ4n) is 2.26. The molecule has 26 heavy (non-hydrogen) atoms. The van der Waals surface area contributed by atoms with Crippen molar-refractivity contribution in [1.29, 1.82) is 0 Å². The third-order valence-electron chi connectivity index (χ3n) is 3.59. The number of amides is 1. The van der Waals surface area contributed by atoms with Gasteiger partial charge in [-0.1, -0.05) is 29.8 Å². The minimum atomic E-state index is -0.0798. The van der Waals surface area contributed by atoms with Crippen LogP contribution in [-0.4, -0.2) is 37.5 Å². The molecule has 140 valence electrons. The number of guanidine groups is 1. The molecule has 0 saturated heterocycles. The number of benzene rings is 1. The van der Waals surface area contributed by atoms with Gasteiger partial charge in [0.2, 0.25) is 0 Å². The predicted molar refractivity (Wildman–Crippen MR) is 116 cm³/mol. The van der Waals surface area contributed by atoms with E-state index in [9.17, 15) is 4.79 Å². The molecule has 0 radical (unpaired) electrons. The second kappa shape index (κ2) is 11.7. The number of carbonyl (C=O) groups is 1. The van der Waals surface area contributed by atoms with Gasteiger partial charge in [-0.2, -0.15) is 0 Å². The Morgan fingerprint density at radius 3 is 2.65 bits per heavy atom. The maximum atomic E-state index is 11.7. The molecule has 1 amide bonds. The van der Waals surface area contributed by atoms with E-state index < -0.39 is 0 Å². The molecule has 1 heterocycles. The zero-order valence-electron chi connectivity index (χ0n) is 14.8. The molecule has 0 aliphatic heterocycles. The molecular formula is C18H23ClIN5O. The van der Waals surface area contributed by atoms with Crippen molar-refractivity contribution >= 4 is 47.4 Å². The van der Waals surface area contributed by atoms with E-state index in [0.717, 1.165) is 17.5 Å². The Labute approximate surface area is 175 Å². The van der Waals surface area contributed by atoms with Gasteiger partial charge >= 0.3 is 0 Å². The number of halogens is 2. The summed E-state index contributed by atoms with van der Waals surface area (Å²) in [5.74, 6) is 0.626. The summed E-state index contributed by atoms with van der Waals surface area (Å²) >= 11 is 5.78. The van der Waals surface area contributed by atoms with E-state index in [1.54, 1.807) is 32.4 Å². The van der Waals surface area contributed by atoms with Gasteiger partial charge in [-0.3, -0.25) is 9.79 Å². The fraction of sp³-hybridized carbons (Fsp3) is 0.278. The van der Waals surface area contributed by atoms with E-state index in [4.69, 9.17) is 11.6 Å². The minimum Gasteiger partial charge on any atom is -0.356 e. The Bertz CT molecular complexity index is 737. The first-order valence-corrected chi connectivity index (χ1v) is 8.36. The average molecular weight is 488 g/mol. The highest BCUT2D eigenvalue weighted by Gasteiger charge is 2.04. The molecule has 0 atom stereocenters. The summed E-state index contributed by atoms with van der Waals surface area (Å²) < 4.78 is 0. The van der Waals surface area contributed by atoms with Crippen LogP contribution < -0.4 is 16.0 Å². The first-order chi connectivity index (χ1) is 12.1. The van der Waals surface area contributed by atoms with Gasteiger partial charge in [-0.05, 0) is 35.7 Å². The Morgan fingerprint density at radius 2 is 2.00 bits per heavy atom. The van der Waals surface area contributed by atoms with Gasteiger partial charge in [0.15, 0.2) is 5.96 Å². The number of hydrogen-bond donors (Lipinski definition) is 3. The van der Waals surface area contributed by atoms with Gasteiger partial charge in [0.25, 0.3) is 5.91 Å². The average Bonchev–Trinajstić information content (AvgIpc) is 2.65. The van der Waals surface area contributed by atoms with Crippen LogP contribution in [0.15, 0.2) is 47.6 Å². The van der Waals surface area contributed by atoms with Crippen LogP contribution in [0.2, 0.25) is 5.15 Å². The SMILES string of the molecule is CN=C(NCCc1cccc(C(=O)NC)c1)NCc1ccc(Cl)nc1.I. The van der Waals surface area contributed by atoms with Crippen molar-refractivity contribution in [2.24, 2.45) is 4.99 Å². The van der Waals surface area contributed by atoms with Crippen molar-refractivity contribution in [3.63, 3.8) is 0 Å². The number of aromatic nitrogens is 1. The van der Waals surface area contributed by atoms with Crippen LogP contribution in [0.1, 0.15) is 21.5 Å². The molecule has 8 heteroatoms. The number of pyridine rings is 1. The van der Waals surface area contributed by atoms with Gasteiger partial charge in [0.1, 0.15) is 5.15 Å². The molecule has 1 aromatic heterocycles. The number of carbonyl (C=O) groups excluding carboxylic acids is 1. The van der Waals surface area contributed by atoms with E-state index >= 15 is 0 Å². The normalized spacial score (nSPS) is 10.7. The van der Waals surface area contributed by atoms with Crippen LogP contribution in [0.5, 0.6) is 0 Å². The van der Waals surface area contributed by atoms with Gasteiger partial charge < -0.3 is 16.0 Å². The number of nitrogens with zero attached hydrogens (tertiary/aromatic N) is 2. The highest BCUT2D eigenvalue weighted by Crippen LogP contribution is 2.06. The lowest BCUT2D eigenvalue weighted by atomic mass is 10.1. The summed E-state index contributed by atoms with van der Waals surface area (Å²) in [6.07, 6.45) is 2.51. The Hall–Kier alpha value is -1.87. The molecule has 0 unspecified atom stereocenters. The van der Waals surface area contributed by atoms with Crippen LogP contribution in [0.3, 0.4) is 0 Å². The molecule has 0 bridgehead atoms. The van der Waals surface area contributed by atoms with Gasteiger partial charge in [0.05, 0.1) is 0 Å². The third-order valence-corrected chi connectivity index (χ3v) is 3.82. The summed E-state index contributed by atoms with van der Waals surface area (Å²) in [6.45, 7) is 1.31. The lowest BCUT2D eigenvalue weighted by Crippen LogP contribution is -2.37. The van der Waals surface area contributed by atoms with Gasteiger partial charge in [-0.25, -0.2) is 4.98 Å². The van der Waals surface area contributed by atoms with Crippen LogP contribution in [0.25, 0.3) is 0 Å². The highest BCUT2D eigenvalue weighted by atomic mass is 127. The second-order valence-corrected chi connectivity index (χ2v) is 5.76. The van der Waals surface area contributed by atoms with Crippen LogP contribution in [0, 0.1) is 0 Å². The van der Waals surface area contributed by atoms with Crippen LogP contribution >= 0.6 is 35.6 Å². The largest absolute Gasteiger partial charge is 0.356 e. The number of rotatable bonds is 6. The predicted octanol–water partition coefficient (Wildman–Crippen LogP) is 2.62. The molecule has 0 spiro atoms. The monoisotopic (exact) mass is 487 g/mol. The summed E-state index contributed by atoms with van der Waals surface area (Å²) in [4.78, 5) is 19.9. The molecule has 0 saturated carbocycles. The van der Waals surface area contributed by atoms with E-state index in [2.05, 4.69) is 25.9 Å². The zero-order valence-corrected chi connectivity index (χ0v) is 17.8. The molecule has 6 nitrogen and oxygen atoms in total. The Kier molecular flexibility index (Phi) is 9.97. The minimum absolute atomic E-state index is 0. The van der Waals surface area contributed by atoms with Crippen molar-refractivity contribution < 1.29 is 4.79 Å². The van der Waals surface area contributed by atoms with E-state index in [-0.39, 0.29) is 29.9 Å². The van der Waals surface area contributed by atoms with Crippen molar-refractivity contribution in [2.45, 2.75) is 13.0 Å². The first-order valence-electron chi connectivity index (χ1n) is 7.98. The van der Waals surface area contributed by atoms with Crippen LogP contribution in [-0.2, 0) is 13.0 Å². The van der Waals surface area contributed by atoms with E-state index in [0.29, 0.717) is 29.8 Å². The molecule has 1 aromatic carbocycles. The molecular weight excluding hydrogens is 465 g/mol. The second-order valence-electron chi connectivity index (χ2n) is 5.37. The maximum absolute atomic E-state index is 11.7. The first kappa shape index (κ1) is 22.2. The summed E-state index contributed by atoms with van der Waals surface area (Å²) in [6, 6.07) is 11.3. The van der Waals surface area contributed by atoms with E-state index in [1.807, 2.05) is 24.3 Å². The molecule has 3 N–H and O–H groups in total. The topological polar surface area (TPSA) is 78.4 Å². The number of hydrogen-bond acceptors (Lipinski definition) is 3. The molecule has 0 aliphatic rings. The molecule has 2 aromatic rings. The molecule has 2 rings (SSSR count). The Balaban J connectivity index is 0.00000338. The van der Waals surface area contributed by atoms with Gasteiger partial charge in [0, 0.05) is 38.9 Å². The van der Waals surface area contributed by atoms with Crippen molar-refractivity contribution in [1.82, 2.24) is 20.9 Å². The summed E-state index contributed by atoms with van der Waals surface area (Å²) in [7, 11) is 3.35. The Morgan fingerprint density at radius 1 is 1.19 bits per heavy atom. The standard InChI is InChI=1S/C18H22ClN5O.HI/c1-20-17(25)15-5-3-4-13(10-15)8-9-22-18(21-2)24-12-14-6-7-16(19)23-11-14;/h3-7,10-11H,8-9,12H2,1-2H3,(H,20,25)(H2,21,22,24);1H. The summed E-state index contributed by atoms with van der Waals surface area (Å²) in [5.41, 5.74) is 2.77. The fourth-order valence-corrected chi connectivity index (χ4v) is 2.37. The lowest BCUT2D eigenvalue weighted by Gasteiger charge is -2.12. The third kappa shape index (κ3) is 7.17. The van der Waals surface area contributed by atoms with E-state index in [1.165, 1.54) is 0 Å². The van der Waals surface area contributed by atoms with Crippen molar-refractivity contribution in [3.8, 4) is 0 Å². The molecule has 0 fully saturated rings. The lowest BCUT2D eigenvalue weighted by molar-refractivity contribution is 0.0963. The number of aliphatic imine (C=N–C) groups is 1. The smallest absolute Gasteiger partial charge is 0.251 e. The van der Waals surface area contributed by atoms with Crippen molar-refractivity contribution in [3.05, 3.63) is 64.4 Å². The molecule has 0 aliphatic carbocycles. The van der Waals surface area contributed by atoms with Gasteiger partial charge in [-0.15, -0.1) is 24.0 Å².